The van der Waals surface area contributed by atoms with Crippen LogP contribution in [0.15, 0.2) is 11.0 Å². The van der Waals surface area contributed by atoms with E-state index in [0.717, 1.165) is 31.2 Å². The van der Waals surface area contributed by atoms with E-state index in [4.69, 9.17) is 5.11 Å². The maximum Gasteiger partial charge on any atom is 0.341 e. The summed E-state index contributed by atoms with van der Waals surface area (Å²) < 4.78 is 1.62. The predicted octanol–water partition coefficient (Wildman–Crippen LogP) is 2.28. The molecule has 1 aliphatic carbocycles. The first-order valence-corrected chi connectivity index (χ1v) is 5.98. The number of hydrogen-bond acceptors (Lipinski definition) is 2. The maximum absolute atomic E-state index is 12.2. The zero-order valence-electron chi connectivity index (χ0n) is 10.2. The van der Waals surface area contributed by atoms with E-state index in [1.807, 2.05) is 6.92 Å². The van der Waals surface area contributed by atoms with Gasteiger partial charge in [0.15, 0.2) is 0 Å². The Morgan fingerprint density at radius 2 is 1.94 bits per heavy atom. The summed E-state index contributed by atoms with van der Waals surface area (Å²) in [6.45, 7) is 3.55. The molecule has 0 spiro atoms. The normalized spacial score (nSPS) is 16.4. The molecule has 1 fully saturated rings. The van der Waals surface area contributed by atoms with E-state index in [2.05, 4.69) is 0 Å². The fraction of sp³-hybridized carbons (Fsp3) is 0.538. The van der Waals surface area contributed by atoms with Gasteiger partial charge in [0.1, 0.15) is 5.56 Å². The highest BCUT2D eigenvalue weighted by atomic mass is 16.4. The van der Waals surface area contributed by atoms with Gasteiger partial charge < -0.3 is 9.67 Å². The summed E-state index contributed by atoms with van der Waals surface area (Å²) in [6, 6.07) is 0.180. The maximum atomic E-state index is 12.2. The number of carboxylic acid groups (broad SMARTS) is 1. The molecule has 1 N–H and O–H groups in total. The molecule has 1 saturated carbocycles. The van der Waals surface area contributed by atoms with E-state index in [-0.39, 0.29) is 17.2 Å². The molecule has 1 aromatic rings. The van der Waals surface area contributed by atoms with Crippen molar-refractivity contribution in [3.8, 4) is 0 Å². The van der Waals surface area contributed by atoms with Crippen molar-refractivity contribution < 1.29 is 9.90 Å². The topological polar surface area (TPSA) is 59.3 Å². The van der Waals surface area contributed by atoms with Gasteiger partial charge in [0.05, 0.1) is 0 Å². The van der Waals surface area contributed by atoms with Crippen LogP contribution in [0.2, 0.25) is 0 Å². The predicted molar refractivity (Wildman–Crippen MR) is 64.6 cm³/mol. The number of aryl methyl sites for hydroxylation is 1. The van der Waals surface area contributed by atoms with Gasteiger partial charge in [-0.2, -0.15) is 0 Å². The van der Waals surface area contributed by atoms with E-state index in [0.29, 0.717) is 5.56 Å². The van der Waals surface area contributed by atoms with Crippen LogP contribution in [0.5, 0.6) is 0 Å². The van der Waals surface area contributed by atoms with Crippen molar-refractivity contribution in [1.82, 2.24) is 4.57 Å². The largest absolute Gasteiger partial charge is 0.477 e. The number of carbonyl (C=O) groups is 1. The molecule has 0 radical (unpaired) electrons. The number of hydrogen-bond donors (Lipinski definition) is 1. The lowest BCUT2D eigenvalue weighted by Crippen LogP contribution is -2.30. The molecule has 1 aromatic heterocycles. The van der Waals surface area contributed by atoms with Crippen molar-refractivity contribution in [2.24, 2.45) is 0 Å². The summed E-state index contributed by atoms with van der Waals surface area (Å²) in [5.41, 5.74) is 1.02. The quantitative estimate of drug-likeness (QED) is 0.855. The van der Waals surface area contributed by atoms with E-state index < -0.39 is 5.97 Å². The van der Waals surface area contributed by atoms with Crippen molar-refractivity contribution >= 4 is 5.97 Å². The fourth-order valence-electron chi connectivity index (χ4n) is 2.56. The fourth-order valence-corrected chi connectivity index (χ4v) is 2.56. The average molecular weight is 235 g/mol. The van der Waals surface area contributed by atoms with E-state index >= 15 is 0 Å². The van der Waals surface area contributed by atoms with Crippen molar-refractivity contribution in [3.63, 3.8) is 0 Å². The molecule has 0 atom stereocenters. The molecule has 0 aliphatic heterocycles. The highest BCUT2D eigenvalue weighted by Gasteiger charge is 2.23. The van der Waals surface area contributed by atoms with Gasteiger partial charge in [0, 0.05) is 12.2 Å². The van der Waals surface area contributed by atoms with Gasteiger partial charge in [-0.05, 0) is 37.8 Å². The van der Waals surface area contributed by atoms with Gasteiger partial charge in [-0.3, -0.25) is 4.79 Å². The van der Waals surface area contributed by atoms with E-state index in [1.165, 1.54) is 0 Å². The third-order valence-corrected chi connectivity index (χ3v) is 3.68. The molecule has 0 amide bonds. The number of pyridine rings is 1. The van der Waals surface area contributed by atoms with Gasteiger partial charge in [-0.15, -0.1) is 0 Å². The molecular formula is C13H17NO3. The summed E-state index contributed by atoms with van der Waals surface area (Å²) in [5.74, 6) is -1.12. The summed E-state index contributed by atoms with van der Waals surface area (Å²) in [4.78, 5) is 23.3. The van der Waals surface area contributed by atoms with Crippen LogP contribution in [0.25, 0.3) is 0 Å². The number of nitrogens with zero attached hydrogens (tertiary/aromatic N) is 1. The van der Waals surface area contributed by atoms with Crippen LogP contribution in [0.4, 0.5) is 0 Å². The lowest BCUT2D eigenvalue weighted by molar-refractivity contribution is 0.0693. The van der Waals surface area contributed by atoms with Crippen LogP contribution in [0.1, 0.15) is 53.2 Å². The highest BCUT2D eigenvalue weighted by molar-refractivity contribution is 5.89. The average Bonchev–Trinajstić information content (AvgIpc) is 2.76. The van der Waals surface area contributed by atoms with Crippen molar-refractivity contribution in [1.29, 1.82) is 0 Å². The molecule has 92 valence electrons. The Hall–Kier alpha value is -1.58. The minimum Gasteiger partial charge on any atom is -0.477 e. The Bertz CT molecular complexity index is 510. The second kappa shape index (κ2) is 4.35. The SMILES string of the molecule is Cc1cn(C2CCCC2)c(=O)c(C(=O)O)c1C. The van der Waals surface area contributed by atoms with Crippen LogP contribution in [0, 0.1) is 13.8 Å². The molecule has 0 aromatic carbocycles. The first kappa shape index (κ1) is 11.9. The summed E-state index contributed by atoms with van der Waals surface area (Å²) in [7, 11) is 0. The molecular weight excluding hydrogens is 218 g/mol. The summed E-state index contributed by atoms with van der Waals surface area (Å²) in [6.07, 6.45) is 5.99. The van der Waals surface area contributed by atoms with Crippen molar-refractivity contribution in [3.05, 3.63) is 33.2 Å². The van der Waals surface area contributed by atoms with Gasteiger partial charge in [0.2, 0.25) is 0 Å². The van der Waals surface area contributed by atoms with Crippen molar-refractivity contribution in [2.45, 2.75) is 45.6 Å². The zero-order chi connectivity index (χ0) is 12.6. The third kappa shape index (κ3) is 1.99. The molecule has 1 aliphatic rings. The van der Waals surface area contributed by atoms with Gasteiger partial charge in [0.25, 0.3) is 5.56 Å². The van der Waals surface area contributed by atoms with Crippen molar-refractivity contribution in [2.75, 3.05) is 0 Å². The molecule has 17 heavy (non-hydrogen) atoms. The van der Waals surface area contributed by atoms with Crippen LogP contribution in [-0.4, -0.2) is 15.6 Å². The first-order chi connectivity index (χ1) is 8.02. The third-order valence-electron chi connectivity index (χ3n) is 3.68. The van der Waals surface area contributed by atoms with E-state index in [1.54, 1.807) is 17.7 Å². The van der Waals surface area contributed by atoms with Gasteiger partial charge in [-0.25, -0.2) is 4.79 Å². The van der Waals surface area contributed by atoms with E-state index in [9.17, 15) is 9.59 Å². The monoisotopic (exact) mass is 235 g/mol. The van der Waals surface area contributed by atoms with Crippen LogP contribution >= 0.6 is 0 Å². The number of rotatable bonds is 2. The second-order valence-corrected chi connectivity index (χ2v) is 4.77. The lowest BCUT2D eigenvalue weighted by Gasteiger charge is -2.16. The molecule has 4 heteroatoms. The number of aromatic nitrogens is 1. The number of carboxylic acids is 1. The molecule has 0 bridgehead atoms. The van der Waals surface area contributed by atoms with Crippen LogP contribution in [-0.2, 0) is 0 Å². The Morgan fingerprint density at radius 3 is 2.47 bits per heavy atom. The Labute approximate surface area is 99.9 Å². The Morgan fingerprint density at radius 1 is 1.35 bits per heavy atom. The van der Waals surface area contributed by atoms with Crippen LogP contribution < -0.4 is 5.56 Å². The lowest BCUT2D eigenvalue weighted by atomic mass is 10.1. The zero-order valence-corrected chi connectivity index (χ0v) is 10.2. The summed E-state index contributed by atoms with van der Waals surface area (Å²) >= 11 is 0. The Balaban J connectivity index is 2.61. The summed E-state index contributed by atoms with van der Waals surface area (Å²) in [5, 5.41) is 9.12. The molecule has 4 nitrogen and oxygen atoms in total. The van der Waals surface area contributed by atoms with Gasteiger partial charge >= 0.3 is 5.97 Å². The van der Waals surface area contributed by atoms with Gasteiger partial charge in [-0.1, -0.05) is 12.8 Å². The van der Waals surface area contributed by atoms with Crippen LogP contribution in [0.3, 0.4) is 0 Å². The molecule has 1 heterocycles. The minimum absolute atomic E-state index is 0.0723. The molecule has 2 rings (SSSR count). The standard InChI is InChI=1S/C13H17NO3/c1-8-7-14(10-5-3-4-6-10)12(15)11(9(8)2)13(16)17/h7,10H,3-6H2,1-2H3,(H,16,17). The number of aromatic carboxylic acids is 1. The first-order valence-electron chi connectivity index (χ1n) is 5.98. The second-order valence-electron chi connectivity index (χ2n) is 4.77. The molecule has 0 saturated heterocycles. The minimum atomic E-state index is -1.12. The Kier molecular flexibility index (Phi) is 3.05. The highest BCUT2D eigenvalue weighted by Crippen LogP contribution is 2.28. The molecule has 0 unspecified atom stereocenters. The smallest absolute Gasteiger partial charge is 0.341 e.